The van der Waals surface area contributed by atoms with Gasteiger partial charge in [-0.25, -0.2) is 4.98 Å². The van der Waals surface area contributed by atoms with E-state index in [-0.39, 0.29) is 5.91 Å². The summed E-state index contributed by atoms with van der Waals surface area (Å²) in [5.74, 6) is 1.43. The first-order valence-electron chi connectivity index (χ1n) is 9.28. The van der Waals surface area contributed by atoms with Gasteiger partial charge in [0.05, 0.1) is 29.5 Å². The van der Waals surface area contributed by atoms with Gasteiger partial charge >= 0.3 is 0 Å². The van der Waals surface area contributed by atoms with Crippen molar-refractivity contribution in [2.24, 2.45) is 0 Å². The molecule has 0 spiro atoms. The number of hydrogen-bond acceptors (Lipinski definition) is 6. The molecule has 146 valence electrons. The maximum absolute atomic E-state index is 11.6. The van der Waals surface area contributed by atoms with Crippen molar-refractivity contribution in [3.8, 4) is 0 Å². The summed E-state index contributed by atoms with van der Waals surface area (Å²) >= 11 is 6.04. The minimum absolute atomic E-state index is 0.0578. The quantitative estimate of drug-likeness (QED) is 0.599. The second kappa shape index (κ2) is 6.89. The van der Waals surface area contributed by atoms with Gasteiger partial charge in [0.2, 0.25) is 5.91 Å². The molecule has 8 nitrogen and oxygen atoms in total. The van der Waals surface area contributed by atoms with Crippen LogP contribution >= 0.6 is 11.6 Å². The third-order valence-corrected chi connectivity index (χ3v) is 4.97. The Balaban J connectivity index is 1.57. The molecular weight excluding hydrogens is 390 g/mol. The molecule has 0 aromatic carbocycles. The Morgan fingerprint density at radius 2 is 2.14 bits per heavy atom. The van der Waals surface area contributed by atoms with E-state index in [0.717, 1.165) is 35.5 Å². The van der Waals surface area contributed by atoms with Crippen molar-refractivity contribution in [2.75, 3.05) is 10.6 Å². The maximum atomic E-state index is 11.6. The number of rotatable bonds is 5. The molecule has 1 saturated heterocycles. The molecule has 3 aromatic rings. The van der Waals surface area contributed by atoms with Crippen molar-refractivity contribution in [3.05, 3.63) is 59.2 Å². The van der Waals surface area contributed by atoms with Crippen LogP contribution in [-0.2, 0) is 4.79 Å². The Bertz CT molecular complexity index is 1180. The summed E-state index contributed by atoms with van der Waals surface area (Å²) in [6, 6.07) is 4.15. The Morgan fingerprint density at radius 3 is 2.86 bits per heavy atom. The van der Waals surface area contributed by atoms with Crippen molar-refractivity contribution in [1.29, 1.82) is 0 Å². The lowest BCUT2D eigenvalue weighted by Gasteiger charge is -2.11. The third kappa shape index (κ3) is 3.66. The highest BCUT2D eigenvalue weighted by molar-refractivity contribution is 6.30. The summed E-state index contributed by atoms with van der Waals surface area (Å²) in [6.45, 7) is 3.90. The van der Waals surface area contributed by atoms with E-state index in [0.29, 0.717) is 34.6 Å². The molecular formula is C20H18ClN7O. The number of anilines is 3. The van der Waals surface area contributed by atoms with Gasteiger partial charge in [0.1, 0.15) is 11.6 Å². The van der Waals surface area contributed by atoms with Gasteiger partial charge in [0.25, 0.3) is 0 Å². The van der Waals surface area contributed by atoms with Crippen LogP contribution in [0.4, 0.5) is 17.3 Å². The van der Waals surface area contributed by atoms with Crippen molar-refractivity contribution in [2.45, 2.75) is 25.3 Å². The van der Waals surface area contributed by atoms with Crippen molar-refractivity contribution >= 4 is 46.6 Å². The monoisotopic (exact) mass is 407 g/mol. The normalized spacial score (nSPS) is 17.8. The summed E-state index contributed by atoms with van der Waals surface area (Å²) in [6.07, 6.45) is 9.48. The van der Waals surface area contributed by atoms with Crippen LogP contribution in [0, 0.1) is 0 Å². The first kappa shape index (κ1) is 17.7. The molecule has 0 atom stereocenters. The minimum atomic E-state index is -0.0578. The van der Waals surface area contributed by atoms with E-state index in [1.807, 2.05) is 12.1 Å². The lowest BCUT2D eigenvalue weighted by molar-refractivity contribution is -0.118. The van der Waals surface area contributed by atoms with Crippen molar-refractivity contribution < 1.29 is 4.79 Å². The van der Waals surface area contributed by atoms with Crippen LogP contribution in [0.25, 0.3) is 11.7 Å². The highest BCUT2D eigenvalue weighted by Gasteiger charge is 2.24. The number of nitrogens with one attached hydrogen (secondary N) is 3. The van der Waals surface area contributed by atoms with Crippen LogP contribution in [0.2, 0.25) is 5.02 Å². The van der Waals surface area contributed by atoms with Gasteiger partial charge in [-0.2, -0.15) is 9.61 Å². The zero-order chi connectivity index (χ0) is 20.0. The van der Waals surface area contributed by atoms with E-state index >= 15 is 0 Å². The molecule has 29 heavy (non-hydrogen) atoms. The summed E-state index contributed by atoms with van der Waals surface area (Å²) in [4.78, 5) is 20.5. The van der Waals surface area contributed by atoms with Crippen LogP contribution in [-0.4, -0.2) is 31.5 Å². The Labute approximate surface area is 171 Å². The highest BCUT2D eigenvalue weighted by atomic mass is 35.5. The minimum Gasteiger partial charge on any atom is -0.367 e. The summed E-state index contributed by atoms with van der Waals surface area (Å²) < 4.78 is 1.78. The van der Waals surface area contributed by atoms with Crippen LogP contribution in [0.3, 0.4) is 0 Å². The van der Waals surface area contributed by atoms with Crippen LogP contribution in [0.1, 0.15) is 24.8 Å². The molecule has 0 radical (unpaired) electrons. The zero-order valence-electron chi connectivity index (χ0n) is 15.4. The molecule has 0 bridgehead atoms. The molecule has 1 amide bonds. The number of carbonyl (C=O) groups is 1. The first-order chi connectivity index (χ1) is 14.0. The van der Waals surface area contributed by atoms with E-state index in [4.69, 9.17) is 16.6 Å². The molecule has 5 rings (SSSR count). The number of pyridine rings is 1. The zero-order valence-corrected chi connectivity index (χ0v) is 16.2. The Morgan fingerprint density at radius 1 is 1.28 bits per heavy atom. The van der Waals surface area contributed by atoms with Crippen LogP contribution in [0.15, 0.2) is 48.6 Å². The lowest BCUT2D eigenvalue weighted by Crippen LogP contribution is -2.10. The molecule has 1 aliphatic heterocycles. The van der Waals surface area contributed by atoms with Gasteiger partial charge in [-0.1, -0.05) is 18.2 Å². The van der Waals surface area contributed by atoms with Crippen LogP contribution in [0.5, 0.6) is 0 Å². The number of halogens is 1. The molecule has 4 heterocycles. The topological polar surface area (TPSA) is 96.2 Å². The van der Waals surface area contributed by atoms with Gasteiger partial charge in [0.15, 0.2) is 5.65 Å². The summed E-state index contributed by atoms with van der Waals surface area (Å²) in [5, 5.41) is 14.5. The van der Waals surface area contributed by atoms with E-state index in [2.05, 4.69) is 32.6 Å². The largest absolute Gasteiger partial charge is 0.367 e. The van der Waals surface area contributed by atoms with Gasteiger partial charge in [-0.15, -0.1) is 0 Å². The average Bonchev–Trinajstić information content (AvgIpc) is 3.31. The summed E-state index contributed by atoms with van der Waals surface area (Å²) in [5.41, 5.74) is 3.67. The first-order valence-corrected chi connectivity index (χ1v) is 9.65. The van der Waals surface area contributed by atoms with Gasteiger partial charge < -0.3 is 16.0 Å². The number of carbonyl (C=O) groups excluding carboxylic acids is 1. The second-order valence-corrected chi connectivity index (χ2v) is 7.61. The number of hydrogen-bond donors (Lipinski definition) is 3. The molecule has 2 fully saturated rings. The molecule has 9 heteroatoms. The number of aromatic nitrogens is 4. The van der Waals surface area contributed by atoms with Crippen LogP contribution < -0.4 is 16.0 Å². The second-order valence-electron chi connectivity index (χ2n) is 7.17. The smallest absolute Gasteiger partial charge is 0.228 e. The van der Waals surface area contributed by atoms with Crippen molar-refractivity contribution in [1.82, 2.24) is 24.9 Å². The van der Waals surface area contributed by atoms with Gasteiger partial charge in [0, 0.05) is 29.6 Å². The molecule has 3 aromatic heterocycles. The van der Waals surface area contributed by atoms with Crippen molar-refractivity contribution in [3.63, 3.8) is 0 Å². The number of nitrogens with zero attached hydrogens (tertiary/aromatic N) is 4. The Kier molecular flexibility index (Phi) is 4.21. The molecule has 0 unspecified atom stereocenters. The van der Waals surface area contributed by atoms with E-state index < -0.39 is 0 Å². The standard InChI is InChI=1S/C20H18ClN7O/c1-11-12(5-19(29)24-11)4-13-8-23-28-18(26-15-2-3-15)7-17(27-20(13)28)25-16-6-14(21)9-22-10-16/h4,6-10,15,26H,1-3,5H2,(H,24,29)(H,25,27)/b12-4+. The predicted molar refractivity (Wildman–Crippen MR) is 112 cm³/mol. The molecule has 1 aliphatic carbocycles. The maximum Gasteiger partial charge on any atom is 0.228 e. The van der Waals surface area contributed by atoms with Gasteiger partial charge in [-0.3, -0.25) is 9.78 Å². The Hall–Kier alpha value is -3.39. The SMILES string of the molecule is C=C1NC(=O)C/C1=C\c1cnn2c(NC3CC3)cc(Nc3cncc(Cl)c3)nc12. The molecule has 1 saturated carbocycles. The highest BCUT2D eigenvalue weighted by Crippen LogP contribution is 2.29. The molecule has 2 aliphatic rings. The number of allylic oxidation sites excluding steroid dienone is 1. The molecule has 3 N–H and O–H groups in total. The third-order valence-electron chi connectivity index (χ3n) is 4.76. The fourth-order valence-corrected chi connectivity index (χ4v) is 3.39. The van der Waals surface area contributed by atoms with E-state index in [1.54, 1.807) is 29.2 Å². The fourth-order valence-electron chi connectivity index (χ4n) is 3.21. The lowest BCUT2D eigenvalue weighted by atomic mass is 10.1. The number of amides is 1. The summed E-state index contributed by atoms with van der Waals surface area (Å²) in [7, 11) is 0. The average molecular weight is 408 g/mol. The van der Waals surface area contributed by atoms with E-state index in [9.17, 15) is 4.79 Å². The fraction of sp³-hybridized carbons (Fsp3) is 0.200. The van der Waals surface area contributed by atoms with Gasteiger partial charge in [-0.05, 0) is 30.6 Å². The predicted octanol–water partition coefficient (Wildman–Crippen LogP) is 3.51. The van der Waals surface area contributed by atoms with E-state index in [1.165, 1.54) is 0 Å². The number of fused-ring (bicyclic) bond motifs is 1.